The molecule has 2 heteroatoms. The van der Waals surface area contributed by atoms with E-state index in [0.29, 0.717) is 0 Å². The van der Waals surface area contributed by atoms with E-state index in [1.165, 1.54) is 23.1 Å². The summed E-state index contributed by atoms with van der Waals surface area (Å²) in [5.74, 6) is 0. The topological polar surface area (TPSA) is 24.9 Å². The van der Waals surface area contributed by atoms with Crippen LogP contribution in [0.1, 0.15) is 5.56 Å². The molecule has 2 nitrogen and oxygen atoms in total. The van der Waals surface area contributed by atoms with Gasteiger partial charge in [-0.05, 0) is 30.2 Å². The second-order valence-electron chi connectivity index (χ2n) is 4.53. The van der Waals surface area contributed by atoms with E-state index in [9.17, 15) is 0 Å². The molecule has 1 aliphatic heterocycles. The SMILES string of the molecule is c1ccc2c(c1)CCN2.c1ccc2ncccc2c1. The minimum Gasteiger partial charge on any atom is -0.384 e. The van der Waals surface area contributed by atoms with Crippen molar-refractivity contribution in [2.24, 2.45) is 0 Å². The Hall–Kier alpha value is -2.35. The van der Waals surface area contributed by atoms with Crippen LogP contribution < -0.4 is 5.32 Å². The van der Waals surface area contributed by atoms with Crippen LogP contribution in [0.2, 0.25) is 0 Å². The summed E-state index contributed by atoms with van der Waals surface area (Å²) in [5, 5.41) is 4.50. The molecule has 0 spiro atoms. The van der Waals surface area contributed by atoms with Crippen LogP contribution in [0.15, 0.2) is 66.9 Å². The Morgan fingerprint density at radius 3 is 2.53 bits per heavy atom. The highest BCUT2D eigenvalue weighted by molar-refractivity contribution is 5.77. The maximum Gasteiger partial charge on any atom is 0.0701 e. The van der Waals surface area contributed by atoms with Gasteiger partial charge < -0.3 is 5.32 Å². The fourth-order valence-corrected chi connectivity index (χ4v) is 2.26. The van der Waals surface area contributed by atoms with Gasteiger partial charge in [-0.2, -0.15) is 0 Å². The molecule has 0 radical (unpaired) electrons. The average Bonchev–Trinajstić information content (AvgIpc) is 2.96. The number of hydrogen-bond acceptors (Lipinski definition) is 2. The molecule has 19 heavy (non-hydrogen) atoms. The largest absolute Gasteiger partial charge is 0.384 e. The van der Waals surface area contributed by atoms with Gasteiger partial charge in [0.2, 0.25) is 0 Å². The third-order valence-corrected chi connectivity index (χ3v) is 3.24. The molecule has 4 rings (SSSR count). The van der Waals surface area contributed by atoms with E-state index in [4.69, 9.17) is 0 Å². The highest BCUT2D eigenvalue weighted by Gasteiger charge is 2.05. The number of hydrogen-bond donors (Lipinski definition) is 1. The van der Waals surface area contributed by atoms with Crippen LogP contribution in [0.3, 0.4) is 0 Å². The van der Waals surface area contributed by atoms with Gasteiger partial charge in [-0.15, -0.1) is 0 Å². The van der Waals surface area contributed by atoms with Crippen molar-refractivity contribution in [3.05, 3.63) is 72.4 Å². The lowest BCUT2D eigenvalue weighted by Crippen LogP contribution is -1.90. The van der Waals surface area contributed by atoms with Crippen LogP contribution in [-0.2, 0) is 6.42 Å². The Balaban J connectivity index is 0.000000117. The average molecular weight is 248 g/mol. The number of benzene rings is 2. The Kier molecular flexibility index (Phi) is 3.41. The van der Waals surface area contributed by atoms with Gasteiger partial charge >= 0.3 is 0 Å². The van der Waals surface area contributed by atoms with E-state index in [1.807, 2.05) is 30.5 Å². The maximum absolute atomic E-state index is 4.18. The fraction of sp³-hybridized carbons (Fsp3) is 0.118. The highest BCUT2D eigenvalue weighted by Crippen LogP contribution is 2.19. The molecule has 0 saturated heterocycles. The molecular formula is C17H16N2. The van der Waals surface area contributed by atoms with Crippen LogP contribution in [-0.4, -0.2) is 11.5 Å². The number of para-hydroxylation sites is 2. The number of fused-ring (bicyclic) bond motifs is 2. The standard InChI is InChI=1S/C9H7N.C8H9N/c1-2-6-9-8(4-1)5-3-7-10-9;1-2-4-8-7(3-1)5-6-9-8/h1-7H;1-4,9H,5-6H2. The number of anilines is 1. The maximum atomic E-state index is 4.18. The van der Waals surface area contributed by atoms with Gasteiger partial charge in [0.15, 0.2) is 0 Å². The Morgan fingerprint density at radius 2 is 1.63 bits per heavy atom. The van der Waals surface area contributed by atoms with Crippen LogP contribution in [0.5, 0.6) is 0 Å². The van der Waals surface area contributed by atoms with Crippen molar-refractivity contribution >= 4 is 16.6 Å². The lowest BCUT2D eigenvalue weighted by atomic mass is 10.2. The molecule has 0 aliphatic carbocycles. The monoisotopic (exact) mass is 248 g/mol. The van der Waals surface area contributed by atoms with Gasteiger partial charge in [0, 0.05) is 23.8 Å². The van der Waals surface area contributed by atoms with Crippen LogP contribution in [0.4, 0.5) is 5.69 Å². The van der Waals surface area contributed by atoms with Crippen molar-refractivity contribution in [2.75, 3.05) is 11.9 Å². The summed E-state index contributed by atoms with van der Waals surface area (Å²) >= 11 is 0. The first kappa shape index (κ1) is 11.7. The zero-order valence-corrected chi connectivity index (χ0v) is 10.7. The molecule has 1 aliphatic rings. The first-order chi connectivity index (χ1) is 9.43. The first-order valence-electron chi connectivity index (χ1n) is 6.55. The number of nitrogens with one attached hydrogen (secondary N) is 1. The van der Waals surface area contributed by atoms with Crippen LogP contribution >= 0.6 is 0 Å². The van der Waals surface area contributed by atoms with Crippen LogP contribution in [0, 0.1) is 0 Å². The molecule has 0 bridgehead atoms. The van der Waals surface area contributed by atoms with E-state index in [0.717, 1.165) is 12.1 Å². The molecule has 3 aromatic rings. The van der Waals surface area contributed by atoms with Crippen molar-refractivity contribution in [2.45, 2.75) is 6.42 Å². The third kappa shape index (κ3) is 2.74. The molecule has 94 valence electrons. The highest BCUT2D eigenvalue weighted by atomic mass is 14.9. The number of rotatable bonds is 0. The van der Waals surface area contributed by atoms with E-state index in [1.54, 1.807) is 0 Å². The Morgan fingerprint density at radius 1 is 0.842 bits per heavy atom. The van der Waals surface area contributed by atoms with Crippen molar-refractivity contribution in [1.82, 2.24) is 4.98 Å². The lowest BCUT2D eigenvalue weighted by Gasteiger charge is -1.94. The molecule has 0 unspecified atom stereocenters. The summed E-state index contributed by atoms with van der Waals surface area (Å²) in [4.78, 5) is 4.18. The predicted octanol–water partition coefficient (Wildman–Crippen LogP) is 3.89. The van der Waals surface area contributed by atoms with Crippen molar-refractivity contribution in [3.8, 4) is 0 Å². The van der Waals surface area contributed by atoms with Gasteiger partial charge in [0.25, 0.3) is 0 Å². The van der Waals surface area contributed by atoms with Gasteiger partial charge in [-0.1, -0.05) is 42.5 Å². The summed E-state index contributed by atoms with van der Waals surface area (Å²) in [6.07, 6.45) is 3.00. The van der Waals surface area contributed by atoms with Crippen molar-refractivity contribution in [1.29, 1.82) is 0 Å². The fourth-order valence-electron chi connectivity index (χ4n) is 2.26. The second-order valence-corrected chi connectivity index (χ2v) is 4.53. The van der Waals surface area contributed by atoms with E-state index in [2.05, 4.69) is 46.7 Å². The number of pyridine rings is 1. The summed E-state index contributed by atoms with van der Waals surface area (Å²) < 4.78 is 0. The second kappa shape index (κ2) is 5.53. The number of aromatic nitrogens is 1. The zero-order chi connectivity index (χ0) is 12.9. The minimum absolute atomic E-state index is 1.06. The predicted molar refractivity (Wildman–Crippen MR) is 80.4 cm³/mol. The molecule has 0 atom stereocenters. The Labute approximate surface area is 113 Å². The lowest BCUT2D eigenvalue weighted by molar-refractivity contribution is 1.11. The molecule has 0 amide bonds. The van der Waals surface area contributed by atoms with E-state index >= 15 is 0 Å². The number of nitrogens with zero attached hydrogens (tertiary/aromatic N) is 1. The summed E-state index contributed by atoms with van der Waals surface area (Å²) in [6, 6.07) is 20.5. The molecule has 0 saturated carbocycles. The van der Waals surface area contributed by atoms with Crippen molar-refractivity contribution in [3.63, 3.8) is 0 Å². The van der Waals surface area contributed by atoms with Gasteiger partial charge in [-0.25, -0.2) is 0 Å². The third-order valence-electron chi connectivity index (χ3n) is 3.24. The quantitative estimate of drug-likeness (QED) is 0.653. The molecule has 2 aromatic carbocycles. The summed E-state index contributed by atoms with van der Waals surface area (Å²) in [5.41, 5.74) is 3.83. The molecule has 1 aromatic heterocycles. The molecule has 2 heterocycles. The molecular weight excluding hydrogens is 232 g/mol. The Bertz CT molecular complexity index is 588. The minimum atomic E-state index is 1.06. The summed E-state index contributed by atoms with van der Waals surface area (Å²) in [6.45, 7) is 1.11. The van der Waals surface area contributed by atoms with Gasteiger partial charge in [0.1, 0.15) is 0 Å². The zero-order valence-electron chi connectivity index (χ0n) is 10.7. The first-order valence-corrected chi connectivity index (χ1v) is 6.55. The molecule has 1 N–H and O–H groups in total. The summed E-state index contributed by atoms with van der Waals surface area (Å²) in [7, 11) is 0. The van der Waals surface area contributed by atoms with E-state index < -0.39 is 0 Å². The van der Waals surface area contributed by atoms with E-state index in [-0.39, 0.29) is 0 Å². The normalized spacial score (nSPS) is 12.2. The smallest absolute Gasteiger partial charge is 0.0701 e. The van der Waals surface area contributed by atoms with Gasteiger partial charge in [-0.3, -0.25) is 4.98 Å². The van der Waals surface area contributed by atoms with Gasteiger partial charge in [0.05, 0.1) is 5.52 Å². The molecule has 0 fully saturated rings. The van der Waals surface area contributed by atoms with Crippen LogP contribution in [0.25, 0.3) is 10.9 Å². The van der Waals surface area contributed by atoms with Crippen molar-refractivity contribution < 1.29 is 0 Å².